The normalized spacial score (nSPS) is 18.3. The van der Waals surface area contributed by atoms with Gasteiger partial charge in [0.05, 0.1) is 13.0 Å². The summed E-state index contributed by atoms with van der Waals surface area (Å²) in [7, 11) is 0. The van der Waals surface area contributed by atoms with Gasteiger partial charge < -0.3 is 39.0 Å². The molecule has 1 aliphatic rings. The molecule has 0 radical (unpaired) electrons. The number of aliphatic hydroxyl groups is 2. The summed E-state index contributed by atoms with van der Waals surface area (Å²) >= 11 is 0. The zero-order chi connectivity index (χ0) is 58.9. The fourth-order valence-electron chi connectivity index (χ4n) is 9.49. The number of esters is 3. The molecule has 3 N–H and O–H groups in total. The Balaban J connectivity index is 2.69. The number of hydrogen-bond acceptors (Lipinski definition) is 11. The standard InChI is InChI=1S/C69H116O12/c1-4-7-10-13-16-19-22-25-28-30-31-33-35-37-40-43-46-49-52-55-61(70)77-58-60(79-62(71)56-53-50-47-44-41-38-34-27-24-21-18-15-12-9-6-3)59-78-69-67(65(74)64(73)66(81-69)68(75)76)80-63(72)57-54-51-48-45-42-39-36-32-29-26-23-20-17-14-11-8-5-2/h9,12,18,21,25-29,34,41,44,50,53,60,64-67,69,73-74H,4-8,10-11,13-17,19-20,22-24,30-33,35-40,42-43,45-49,51-52,54-59H2,1-3H3,(H,75,76)/b12-9-,21-18-,28-25-,29-26-,34-27-,44-41-,53-50-. The molecule has 0 saturated carbocycles. The molecule has 0 aromatic carbocycles. The molecule has 0 amide bonds. The van der Waals surface area contributed by atoms with Crippen LogP contribution >= 0.6 is 0 Å². The van der Waals surface area contributed by atoms with Crippen molar-refractivity contribution >= 4 is 23.9 Å². The fourth-order valence-corrected chi connectivity index (χ4v) is 9.49. The SMILES string of the molecule is CC/C=C\C/C=C\C/C=C\C/C=C\C/C=C\CC(=O)OC(COC(=O)CCCCCCCCCCC/C=C\CCCCCCCC)COC1OC(C(=O)O)C(O)C(O)C1OC(=O)CCCCCCCCC/C=C\CCCCCCCC. The van der Waals surface area contributed by atoms with Gasteiger partial charge in [0.25, 0.3) is 0 Å². The van der Waals surface area contributed by atoms with Gasteiger partial charge >= 0.3 is 23.9 Å². The number of ether oxygens (including phenoxy) is 5. The highest BCUT2D eigenvalue weighted by molar-refractivity contribution is 5.74. The van der Waals surface area contributed by atoms with Crippen molar-refractivity contribution < 1.29 is 58.2 Å². The van der Waals surface area contributed by atoms with Crippen LogP contribution in [0, 0.1) is 0 Å². The van der Waals surface area contributed by atoms with Gasteiger partial charge in [0.1, 0.15) is 18.8 Å². The predicted octanol–water partition coefficient (Wildman–Crippen LogP) is 17.5. The van der Waals surface area contributed by atoms with Crippen LogP contribution < -0.4 is 0 Å². The molecule has 0 aliphatic carbocycles. The Morgan fingerprint density at radius 1 is 0.432 bits per heavy atom. The van der Waals surface area contributed by atoms with Gasteiger partial charge in [-0.1, -0.05) is 247 Å². The van der Waals surface area contributed by atoms with E-state index < -0.39 is 67.3 Å². The molecule has 6 atom stereocenters. The summed E-state index contributed by atoms with van der Waals surface area (Å²) in [6.45, 7) is 5.81. The van der Waals surface area contributed by atoms with E-state index in [2.05, 4.69) is 87.6 Å². The lowest BCUT2D eigenvalue weighted by molar-refractivity contribution is -0.301. The van der Waals surface area contributed by atoms with E-state index in [1.165, 1.54) is 135 Å². The third kappa shape index (κ3) is 46.0. The third-order valence-electron chi connectivity index (χ3n) is 14.5. The quantitative estimate of drug-likeness (QED) is 0.0228. The lowest BCUT2D eigenvalue weighted by Gasteiger charge is -2.40. The first-order valence-electron chi connectivity index (χ1n) is 32.6. The molecular formula is C69H116O12. The minimum Gasteiger partial charge on any atom is -0.479 e. The average molecular weight is 1140 g/mol. The minimum atomic E-state index is -1.92. The van der Waals surface area contributed by atoms with Crippen molar-refractivity contribution in [1.82, 2.24) is 0 Å². The highest BCUT2D eigenvalue weighted by Crippen LogP contribution is 2.26. The maximum atomic E-state index is 13.1. The van der Waals surface area contributed by atoms with Crippen LogP contribution in [0.2, 0.25) is 0 Å². The van der Waals surface area contributed by atoms with Crippen molar-refractivity contribution in [2.75, 3.05) is 13.2 Å². The summed E-state index contributed by atoms with van der Waals surface area (Å²) < 4.78 is 28.4. The molecule has 1 aliphatic heterocycles. The monoisotopic (exact) mass is 1140 g/mol. The van der Waals surface area contributed by atoms with Gasteiger partial charge in [-0.05, 0) is 96.3 Å². The zero-order valence-corrected chi connectivity index (χ0v) is 51.3. The van der Waals surface area contributed by atoms with Gasteiger partial charge in [-0.2, -0.15) is 0 Å². The van der Waals surface area contributed by atoms with Gasteiger partial charge in [0.15, 0.2) is 24.6 Å². The molecule has 0 bridgehead atoms. The third-order valence-corrected chi connectivity index (χ3v) is 14.5. The van der Waals surface area contributed by atoms with Crippen molar-refractivity contribution in [2.45, 2.75) is 314 Å². The Hall–Kier alpha value is -4.10. The van der Waals surface area contributed by atoms with Crippen LogP contribution in [0.4, 0.5) is 0 Å². The van der Waals surface area contributed by atoms with E-state index in [1.807, 2.05) is 12.2 Å². The van der Waals surface area contributed by atoms with Crippen LogP contribution in [-0.2, 0) is 42.9 Å². The first-order valence-corrected chi connectivity index (χ1v) is 32.6. The molecule has 81 heavy (non-hydrogen) atoms. The summed E-state index contributed by atoms with van der Waals surface area (Å²) in [5.74, 6) is -3.29. The molecular weight excluding hydrogens is 1020 g/mol. The van der Waals surface area contributed by atoms with Gasteiger partial charge in [-0.3, -0.25) is 14.4 Å². The summed E-state index contributed by atoms with van der Waals surface area (Å²) in [6.07, 6.45) is 61.4. The van der Waals surface area contributed by atoms with Gasteiger partial charge in [-0.15, -0.1) is 0 Å². The molecule has 0 aromatic heterocycles. The summed E-state index contributed by atoms with van der Waals surface area (Å²) in [5, 5.41) is 31.6. The maximum absolute atomic E-state index is 13.1. The van der Waals surface area contributed by atoms with E-state index in [0.29, 0.717) is 19.3 Å². The number of carbonyl (C=O) groups is 4. The van der Waals surface area contributed by atoms with Crippen LogP contribution in [0.15, 0.2) is 85.1 Å². The topological polar surface area (TPSA) is 175 Å². The second-order valence-electron chi connectivity index (χ2n) is 22.0. The van der Waals surface area contributed by atoms with Crippen LogP contribution in [0.25, 0.3) is 0 Å². The predicted molar refractivity (Wildman–Crippen MR) is 331 cm³/mol. The number of carbonyl (C=O) groups excluding carboxylic acids is 3. The van der Waals surface area contributed by atoms with Crippen molar-refractivity contribution in [3.8, 4) is 0 Å². The lowest BCUT2D eigenvalue weighted by atomic mass is 9.98. The van der Waals surface area contributed by atoms with E-state index in [9.17, 15) is 34.5 Å². The largest absolute Gasteiger partial charge is 0.479 e. The molecule has 0 spiro atoms. The molecule has 0 aromatic rings. The van der Waals surface area contributed by atoms with E-state index in [4.69, 9.17) is 23.7 Å². The number of unbranched alkanes of at least 4 members (excludes halogenated alkanes) is 28. The Kier molecular flexibility index (Phi) is 52.1. The van der Waals surface area contributed by atoms with E-state index in [-0.39, 0.29) is 25.9 Å². The zero-order valence-electron chi connectivity index (χ0n) is 51.3. The Morgan fingerprint density at radius 3 is 1.23 bits per heavy atom. The first-order chi connectivity index (χ1) is 39.6. The lowest BCUT2D eigenvalue weighted by Crippen LogP contribution is -2.61. The summed E-state index contributed by atoms with van der Waals surface area (Å²) in [4.78, 5) is 51.2. The number of aliphatic carboxylic acids is 1. The minimum absolute atomic E-state index is 0.0431. The molecule has 12 heteroatoms. The van der Waals surface area contributed by atoms with Crippen LogP contribution in [0.1, 0.15) is 278 Å². The number of aliphatic hydroxyl groups excluding tert-OH is 2. The number of carboxylic acids is 1. The maximum Gasteiger partial charge on any atom is 0.335 e. The highest BCUT2D eigenvalue weighted by Gasteiger charge is 2.50. The summed E-state index contributed by atoms with van der Waals surface area (Å²) in [5.41, 5.74) is 0. The van der Waals surface area contributed by atoms with Crippen LogP contribution in [0.5, 0.6) is 0 Å². The number of hydrogen-bond donors (Lipinski definition) is 3. The fraction of sp³-hybridized carbons (Fsp3) is 0.739. The first kappa shape index (κ1) is 74.9. The molecule has 464 valence electrons. The van der Waals surface area contributed by atoms with E-state index in [0.717, 1.165) is 83.5 Å². The Bertz CT molecular complexity index is 1730. The van der Waals surface area contributed by atoms with Crippen molar-refractivity contribution in [1.29, 1.82) is 0 Å². The molecule has 6 unspecified atom stereocenters. The smallest absolute Gasteiger partial charge is 0.335 e. The van der Waals surface area contributed by atoms with Crippen LogP contribution in [-0.4, -0.2) is 89.2 Å². The molecule has 1 saturated heterocycles. The Morgan fingerprint density at radius 2 is 0.815 bits per heavy atom. The second kappa shape index (κ2) is 56.4. The molecule has 1 rings (SSSR count). The second-order valence-corrected chi connectivity index (χ2v) is 22.0. The van der Waals surface area contributed by atoms with Gasteiger partial charge in [-0.25, -0.2) is 4.79 Å². The Labute approximate surface area is 492 Å². The highest BCUT2D eigenvalue weighted by atomic mass is 16.7. The molecule has 1 fully saturated rings. The number of allylic oxidation sites excluding steroid dienone is 13. The van der Waals surface area contributed by atoms with E-state index in [1.54, 1.807) is 6.08 Å². The average Bonchev–Trinajstić information content (AvgIpc) is 3.53. The van der Waals surface area contributed by atoms with Gasteiger partial charge in [0.2, 0.25) is 0 Å². The summed E-state index contributed by atoms with van der Waals surface area (Å²) in [6, 6.07) is 0. The number of rotatable bonds is 55. The van der Waals surface area contributed by atoms with Crippen molar-refractivity contribution in [3.63, 3.8) is 0 Å². The number of carboxylic acid groups (broad SMARTS) is 1. The van der Waals surface area contributed by atoms with Crippen molar-refractivity contribution in [3.05, 3.63) is 85.1 Å². The van der Waals surface area contributed by atoms with Crippen LogP contribution in [0.3, 0.4) is 0 Å². The molecule has 12 nitrogen and oxygen atoms in total. The van der Waals surface area contributed by atoms with E-state index >= 15 is 0 Å². The van der Waals surface area contributed by atoms with Gasteiger partial charge in [0, 0.05) is 12.8 Å². The van der Waals surface area contributed by atoms with Crippen molar-refractivity contribution in [2.24, 2.45) is 0 Å². The molecule has 1 heterocycles.